The van der Waals surface area contributed by atoms with Gasteiger partial charge in [-0.25, -0.2) is 4.98 Å². The highest BCUT2D eigenvalue weighted by Crippen LogP contribution is 2.23. The second-order valence-electron chi connectivity index (χ2n) is 4.03. The monoisotopic (exact) mass is 293 g/mol. The number of aliphatic carboxylic acids is 1. The van der Waals surface area contributed by atoms with Crippen molar-refractivity contribution < 1.29 is 14.6 Å². The molecule has 1 aromatic carbocycles. The molecule has 0 fully saturated rings. The molecule has 0 bridgehead atoms. The van der Waals surface area contributed by atoms with E-state index < -0.39 is 5.97 Å². The number of hydrogen-bond donors (Lipinski definition) is 2. The fourth-order valence-electron chi connectivity index (χ4n) is 1.52. The molecule has 1 heterocycles. The van der Waals surface area contributed by atoms with Crippen LogP contribution < -0.4 is 4.74 Å². The van der Waals surface area contributed by atoms with Crippen LogP contribution in [0.5, 0.6) is 5.75 Å². The fraction of sp³-hybridized carbons (Fsp3) is 0.308. The average Bonchev–Trinajstić information content (AvgIpc) is 2.92. The van der Waals surface area contributed by atoms with E-state index in [-0.39, 0.29) is 5.75 Å². The van der Waals surface area contributed by atoms with Gasteiger partial charge in [-0.05, 0) is 18.6 Å². The van der Waals surface area contributed by atoms with E-state index in [0.717, 1.165) is 29.5 Å². The molecule has 6 nitrogen and oxygen atoms in total. The molecule has 0 atom stereocenters. The number of aromatic nitrogens is 3. The molecule has 106 valence electrons. The molecule has 7 heteroatoms. The Bertz CT molecular complexity index is 586. The summed E-state index contributed by atoms with van der Waals surface area (Å²) in [5, 5.41) is 15.8. The average molecular weight is 293 g/mol. The zero-order valence-corrected chi connectivity index (χ0v) is 11.8. The number of ether oxygens (including phenoxy) is 1. The van der Waals surface area contributed by atoms with Crippen LogP contribution in [-0.4, -0.2) is 38.6 Å². The molecule has 0 aliphatic heterocycles. The molecule has 2 rings (SSSR count). The van der Waals surface area contributed by atoms with E-state index in [2.05, 4.69) is 15.2 Å². The van der Waals surface area contributed by atoms with Gasteiger partial charge in [-0.3, -0.25) is 9.89 Å². The Morgan fingerprint density at radius 1 is 1.50 bits per heavy atom. The number of benzene rings is 1. The summed E-state index contributed by atoms with van der Waals surface area (Å²) in [7, 11) is 0. The van der Waals surface area contributed by atoms with E-state index in [9.17, 15) is 4.79 Å². The van der Waals surface area contributed by atoms with E-state index in [1.807, 2.05) is 31.2 Å². The van der Waals surface area contributed by atoms with Crippen LogP contribution in [0.4, 0.5) is 0 Å². The van der Waals surface area contributed by atoms with Crippen LogP contribution in [0.2, 0.25) is 0 Å². The number of H-pyrrole nitrogens is 1. The summed E-state index contributed by atoms with van der Waals surface area (Å²) in [6.07, 6.45) is 0.947. The minimum atomic E-state index is -0.892. The zero-order chi connectivity index (χ0) is 14.4. The highest BCUT2D eigenvalue weighted by Gasteiger charge is 2.08. The Kier molecular flexibility index (Phi) is 5.00. The van der Waals surface area contributed by atoms with Gasteiger partial charge in [-0.15, -0.1) is 5.10 Å². The Labute approximate surface area is 120 Å². The fourth-order valence-corrected chi connectivity index (χ4v) is 2.04. The lowest BCUT2D eigenvalue weighted by atomic mass is 10.2. The third-order valence-corrected chi connectivity index (χ3v) is 3.20. The maximum atomic E-state index is 10.5. The molecule has 0 aliphatic carbocycles. The maximum absolute atomic E-state index is 10.5. The van der Waals surface area contributed by atoms with E-state index >= 15 is 0 Å². The molecule has 0 aliphatic rings. The first-order valence-electron chi connectivity index (χ1n) is 6.19. The molecule has 2 aromatic rings. The van der Waals surface area contributed by atoms with Gasteiger partial charge < -0.3 is 9.84 Å². The molecule has 1 aromatic heterocycles. The summed E-state index contributed by atoms with van der Waals surface area (Å²) in [5.41, 5.74) is 0.855. The molecule has 0 saturated heterocycles. The lowest BCUT2D eigenvalue weighted by Gasteiger charge is -2.05. The first-order chi connectivity index (χ1) is 9.69. The van der Waals surface area contributed by atoms with E-state index in [0.29, 0.717) is 17.6 Å². The second kappa shape index (κ2) is 6.95. The van der Waals surface area contributed by atoms with Gasteiger partial charge in [0.25, 0.3) is 0 Å². The molecule has 0 radical (unpaired) electrons. The maximum Gasteiger partial charge on any atom is 0.313 e. The highest BCUT2D eigenvalue weighted by molar-refractivity contribution is 7.99. The van der Waals surface area contributed by atoms with Crippen molar-refractivity contribution in [3.8, 4) is 17.1 Å². The van der Waals surface area contributed by atoms with Crippen molar-refractivity contribution in [3.63, 3.8) is 0 Å². The van der Waals surface area contributed by atoms with Crippen molar-refractivity contribution in [1.82, 2.24) is 15.2 Å². The Balaban J connectivity index is 2.09. The number of carboxylic acids is 1. The number of hydrogen-bond acceptors (Lipinski definition) is 5. The Hall–Kier alpha value is -2.02. The molecule has 0 unspecified atom stereocenters. The number of thioether (sulfide) groups is 1. The molecule has 0 amide bonds. The third kappa shape index (κ3) is 3.99. The van der Waals surface area contributed by atoms with Gasteiger partial charge in [0.05, 0.1) is 12.4 Å². The summed E-state index contributed by atoms with van der Waals surface area (Å²) in [6.45, 7) is 2.71. The van der Waals surface area contributed by atoms with Crippen molar-refractivity contribution in [2.45, 2.75) is 18.5 Å². The Morgan fingerprint density at radius 3 is 3.10 bits per heavy atom. The Morgan fingerprint density at radius 2 is 2.35 bits per heavy atom. The molecule has 2 N–H and O–H groups in total. The number of aromatic amines is 1. The van der Waals surface area contributed by atoms with E-state index in [1.54, 1.807) is 0 Å². The van der Waals surface area contributed by atoms with Gasteiger partial charge in [0.15, 0.2) is 5.82 Å². The minimum absolute atomic E-state index is 0.0586. The number of carboxylic acid groups (broad SMARTS) is 1. The van der Waals surface area contributed by atoms with Crippen LogP contribution >= 0.6 is 11.8 Å². The van der Waals surface area contributed by atoms with Crippen LogP contribution in [0.3, 0.4) is 0 Å². The molecular weight excluding hydrogens is 278 g/mol. The number of nitrogens with zero attached hydrogens (tertiary/aromatic N) is 2. The largest absolute Gasteiger partial charge is 0.494 e. The second-order valence-corrected chi connectivity index (χ2v) is 4.97. The predicted molar refractivity (Wildman–Crippen MR) is 76.0 cm³/mol. The third-order valence-electron chi connectivity index (χ3n) is 2.37. The number of rotatable bonds is 7. The molecule has 20 heavy (non-hydrogen) atoms. The molecule has 0 spiro atoms. The van der Waals surface area contributed by atoms with Crippen molar-refractivity contribution in [1.29, 1.82) is 0 Å². The van der Waals surface area contributed by atoms with Crippen molar-refractivity contribution in [2.75, 3.05) is 12.4 Å². The number of nitrogens with one attached hydrogen (secondary N) is 1. The minimum Gasteiger partial charge on any atom is -0.494 e. The van der Waals surface area contributed by atoms with Crippen molar-refractivity contribution in [2.24, 2.45) is 0 Å². The first kappa shape index (κ1) is 14.4. The standard InChI is InChI=1S/C13H15N3O3S/c1-2-6-19-10-5-3-4-9(7-10)12-14-13(16-15-12)20-8-11(17)18/h3-5,7H,2,6,8H2,1H3,(H,17,18)(H,14,15,16). The summed E-state index contributed by atoms with van der Waals surface area (Å²) in [5.74, 6) is 0.424. The smallest absolute Gasteiger partial charge is 0.313 e. The van der Waals surface area contributed by atoms with Crippen LogP contribution in [-0.2, 0) is 4.79 Å². The van der Waals surface area contributed by atoms with Crippen LogP contribution in [0, 0.1) is 0 Å². The van der Waals surface area contributed by atoms with Gasteiger partial charge in [-0.1, -0.05) is 30.8 Å². The predicted octanol–water partition coefficient (Wildman–Crippen LogP) is 2.44. The summed E-state index contributed by atoms with van der Waals surface area (Å²) >= 11 is 1.08. The zero-order valence-electron chi connectivity index (χ0n) is 11.0. The van der Waals surface area contributed by atoms with Crippen molar-refractivity contribution in [3.05, 3.63) is 24.3 Å². The van der Waals surface area contributed by atoms with Crippen LogP contribution in [0.1, 0.15) is 13.3 Å². The summed E-state index contributed by atoms with van der Waals surface area (Å²) < 4.78 is 5.56. The SMILES string of the molecule is CCCOc1cccc(-c2nc(SCC(=O)O)n[nH]2)c1. The molecule has 0 saturated carbocycles. The highest BCUT2D eigenvalue weighted by atomic mass is 32.2. The van der Waals surface area contributed by atoms with Gasteiger partial charge in [0.1, 0.15) is 5.75 Å². The first-order valence-corrected chi connectivity index (χ1v) is 7.18. The lowest BCUT2D eigenvalue weighted by Crippen LogP contribution is -1.97. The molecular formula is C13H15N3O3S. The summed E-state index contributed by atoms with van der Waals surface area (Å²) in [6, 6.07) is 7.54. The van der Waals surface area contributed by atoms with Gasteiger partial charge in [-0.2, -0.15) is 0 Å². The topological polar surface area (TPSA) is 88.1 Å². The quantitative estimate of drug-likeness (QED) is 0.762. The van der Waals surface area contributed by atoms with E-state index in [1.165, 1.54) is 0 Å². The lowest BCUT2D eigenvalue weighted by molar-refractivity contribution is -0.133. The number of carbonyl (C=O) groups is 1. The van der Waals surface area contributed by atoms with E-state index in [4.69, 9.17) is 9.84 Å². The van der Waals surface area contributed by atoms with Crippen molar-refractivity contribution >= 4 is 17.7 Å². The van der Waals surface area contributed by atoms with Gasteiger partial charge >= 0.3 is 5.97 Å². The van der Waals surface area contributed by atoms with Crippen LogP contribution in [0.25, 0.3) is 11.4 Å². The van der Waals surface area contributed by atoms with Gasteiger partial charge in [0.2, 0.25) is 5.16 Å². The van der Waals surface area contributed by atoms with Crippen LogP contribution in [0.15, 0.2) is 29.4 Å². The van der Waals surface area contributed by atoms with Gasteiger partial charge in [0, 0.05) is 5.56 Å². The summed E-state index contributed by atoms with van der Waals surface area (Å²) in [4.78, 5) is 14.7. The normalized spacial score (nSPS) is 10.4.